The first-order chi connectivity index (χ1) is 13.8. The molecule has 2 aromatic heterocycles. The van der Waals surface area contributed by atoms with E-state index in [1.165, 1.54) is 16.2 Å². The molecule has 1 aliphatic carbocycles. The number of nitrogen functional groups attached to an aromatic ring is 1. The maximum atomic E-state index is 14.5. The molecule has 0 unspecified atom stereocenters. The summed E-state index contributed by atoms with van der Waals surface area (Å²) in [5.41, 5.74) is 12.6. The van der Waals surface area contributed by atoms with E-state index in [1.807, 2.05) is 16.3 Å². The smallest absolute Gasteiger partial charge is 0.236 e. The van der Waals surface area contributed by atoms with Gasteiger partial charge in [-0.05, 0) is 25.8 Å². The molecule has 0 radical (unpaired) electrons. The largest absolute Gasteiger partial charge is 0.398 e. The summed E-state index contributed by atoms with van der Waals surface area (Å²) >= 11 is 1.46. The minimum Gasteiger partial charge on any atom is -0.398 e. The van der Waals surface area contributed by atoms with E-state index in [4.69, 9.17) is 16.5 Å². The van der Waals surface area contributed by atoms with E-state index in [0.29, 0.717) is 36.1 Å². The van der Waals surface area contributed by atoms with Gasteiger partial charge in [0.15, 0.2) is 11.8 Å². The second-order valence-electron chi connectivity index (χ2n) is 8.05. The normalized spacial score (nSPS) is 26.7. The fraction of sp³-hybridized carbons (Fsp3) is 0.474. The quantitative estimate of drug-likeness (QED) is 0.787. The number of carbonyl (C=O) groups excluding carboxylic acids is 1. The Morgan fingerprint density at radius 1 is 1.31 bits per heavy atom. The van der Waals surface area contributed by atoms with Gasteiger partial charge in [-0.2, -0.15) is 0 Å². The molecule has 1 saturated heterocycles. The third-order valence-electron chi connectivity index (χ3n) is 6.02. The number of hydrogen-bond acceptors (Lipinski definition) is 8. The SMILES string of the molecule is Cc1nc(N2C[C@H]3C(=O)N(C)C(N)=N[C@@]3(c3cc(N)cs3)C2)nc(C2CC2)c1F. The van der Waals surface area contributed by atoms with E-state index in [-0.39, 0.29) is 23.6 Å². The van der Waals surface area contributed by atoms with E-state index in [0.717, 1.165) is 17.7 Å². The van der Waals surface area contributed by atoms with Crippen molar-refractivity contribution in [3.05, 3.63) is 33.5 Å². The van der Waals surface area contributed by atoms with Crippen LogP contribution in [0, 0.1) is 18.7 Å². The Labute approximate surface area is 171 Å². The predicted octanol–water partition coefficient (Wildman–Crippen LogP) is 1.56. The molecule has 0 spiro atoms. The minimum atomic E-state index is -0.846. The molecule has 0 bridgehead atoms. The Morgan fingerprint density at radius 3 is 2.72 bits per heavy atom. The van der Waals surface area contributed by atoms with Gasteiger partial charge in [0.1, 0.15) is 5.54 Å². The van der Waals surface area contributed by atoms with Crippen molar-refractivity contribution in [2.24, 2.45) is 16.6 Å². The number of fused-ring (bicyclic) bond motifs is 1. The van der Waals surface area contributed by atoms with Gasteiger partial charge in [0.05, 0.1) is 23.9 Å². The van der Waals surface area contributed by atoms with Crippen molar-refractivity contribution < 1.29 is 9.18 Å². The van der Waals surface area contributed by atoms with Crippen LogP contribution in [0.3, 0.4) is 0 Å². The second-order valence-corrected chi connectivity index (χ2v) is 8.96. The molecule has 2 aromatic rings. The van der Waals surface area contributed by atoms with Crippen LogP contribution in [0.4, 0.5) is 16.0 Å². The number of nitrogens with zero attached hydrogens (tertiary/aromatic N) is 5. The summed E-state index contributed by atoms with van der Waals surface area (Å²) in [4.78, 5) is 31.0. The summed E-state index contributed by atoms with van der Waals surface area (Å²) in [6.45, 7) is 2.42. The van der Waals surface area contributed by atoms with Gasteiger partial charge in [-0.25, -0.2) is 19.4 Å². The number of aromatic nitrogens is 2. The Bertz CT molecular complexity index is 1050. The molecule has 2 atom stereocenters. The summed E-state index contributed by atoms with van der Waals surface area (Å²) in [5, 5.41) is 1.84. The number of halogens is 1. The zero-order valence-corrected chi connectivity index (χ0v) is 17.0. The first-order valence-corrected chi connectivity index (χ1v) is 10.4. The lowest BCUT2D eigenvalue weighted by molar-refractivity contribution is -0.132. The Hall–Kier alpha value is -2.75. The Kier molecular flexibility index (Phi) is 3.86. The van der Waals surface area contributed by atoms with Crippen LogP contribution in [0.15, 0.2) is 16.4 Å². The average molecular weight is 415 g/mol. The van der Waals surface area contributed by atoms with Crippen molar-refractivity contribution >= 4 is 34.8 Å². The summed E-state index contributed by atoms with van der Waals surface area (Å²) < 4.78 is 14.5. The Balaban J connectivity index is 1.60. The van der Waals surface area contributed by atoms with Gasteiger partial charge < -0.3 is 16.4 Å². The first kappa shape index (κ1) is 18.3. The fourth-order valence-electron chi connectivity index (χ4n) is 4.23. The zero-order chi connectivity index (χ0) is 20.5. The van der Waals surface area contributed by atoms with E-state index in [1.54, 1.807) is 14.0 Å². The highest BCUT2D eigenvalue weighted by Crippen LogP contribution is 2.47. The molecule has 10 heteroatoms. The summed E-state index contributed by atoms with van der Waals surface area (Å²) in [5.74, 6) is -0.104. The van der Waals surface area contributed by atoms with Gasteiger partial charge in [0.25, 0.3) is 0 Å². The highest BCUT2D eigenvalue weighted by atomic mass is 32.1. The second kappa shape index (κ2) is 6.12. The molecule has 152 valence electrons. The average Bonchev–Trinajstić information content (AvgIpc) is 3.31. The van der Waals surface area contributed by atoms with Crippen molar-refractivity contribution in [3.63, 3.8) is 0 Å². The fourth-order valence-corrected chi connectivity index (χ4v) is 5.22. The molecular weight excluding hydrogens is 393 g/mol. The van der Waals surface area contributed by atoms with Crippen LogP contribution in [0.1, 0.15) is 35.0 Å². The highest BCUT2D eigenvalue weighted by molar-refractivity contribution is 7.10. The van der Waals surface area contributed by atoms with Crippen LogP contribution in [-0.4, -0.2) is 46.9 Å². The molecule has 1 amide bonds. The molecular formula is C19H22FN7OS. The van der Waals surface area contributed by atoms with Crippen LogP contribution in [-0.2, 0) is 10.3 Å². The van der Waals surface area contributed by atoms with Crippen LogP contribution in [0.2, 0.25) is 0 Å². The zero-order valence-electron chi connectivity index (χ0n) is 16.2. The third kappa shape index (κ3) is 2.69. The lowest BCUT2D eigenvalue weighted by Crippen LogP contribution is -2.54. The monoisotopic (exact) mass is 415 g/mol. The van der Waals surface area contributed by atoms with Crippen LogP contribution in [0.25, 0.3) is 0 Å². The lowest BCUT2D eigenvalue weighted by atomic mass is 9.84. The van der Waals surface area contributed by atoms with Crippen molar-refractivity contribution in [2.45, 2.75) is 31.2 Å². The molecule has 5 rings (SSSR count). The maximum absolute atomic E-state index is 14.5. The van der Waals surface area contributed by atoms with Crippen molar-refractivity contribution in [2.75, 3.05) is 30.8 Å². The highest BCUT2D eigenvalue weighted by Gasteiger charge is 2.56. The number of amides is 1. The third-order valence-corrected chi connectivity index (χ3v) is 7.14. The minimum absolute atomic E-state index is 0.103. The summed E-state index contributed by atoms with van der Waals surface area (Å²) in [6.07, 6.45) is 1.88. The number of anilines is 2. The number of aryl methyl sites for hydroxylation is 1. The van der Waals surface area contributed by atoms with Gasteiger partial charge in [-0.1, -0.05) is 0 Å². The number of hydrogen-bond donors (Lipinski definition) is 2. The van der Waals surface area contributed by atoms with Gasteiger partial charge in [-0.3, -0.25) is 9.69 Å². The topological polar surface area (TPSA) is 114 Å². The molecule has 2 aliphatic heterocycles. The predicted molar refractivity (Wildman–Crippen MR) is 109 cm³/mol. The number of guanidine groups is 1. The number of aliphatic imine (C=N–C) groups is 1. The first-order valence-electron chi connectivity index (χ1n) is 9.56. The standard InChI is InChI=1S/C19H22FN7OS/c1-9-14(20)15(10-3-4-10)24-18(23-9)27-6-12-16(28)26(2)17(22)25-19(12,8-27)13-5-11(21)7-29-13/h5,7,10,12H,3-4,6,8,21H2,1-2H3,(H2,22,25)/t12-,19-/m0/s1. The van der Waals surface area contributed by atoms with Crippen LogP contribution in [0.5, 0.6) is 0 Å². The molecule has 1 saturated carbocycles. The molecule has 0 aromatic carbocycles. The molecule has 8 nitrogen and oxygen atoms in total. The van der Waals surface area contributed by atoms with Crippen molar-refractivity contribution in [3.8, 4) is 0 Å². The molecule has 4 N–H and O–H groups in total. The van der Waals surface area contributed by atoms with Gasteiger partial charge in [-0.15, -0.1) is 11.3 Å². The molecule has 4 heterocycles. The van der Waals surface area contributed by atoms with E-state index >= 15 is 0 Å². The number of rotatable bonds is 3. The summed E-state index contributed by atoms with van der Waals surface area (Å²) in [6, 6.07) is 1.85. The number of carbonyl (C=O) groups is 1. The van der Waals surface area contributed by atoms with Gasteiger partial charge in [0, 0.05) is 35.5 Å². The Morgan fingerprint density at radius 2 is 2.07 bits per heavy atom. The van der Waals surface area contributed by atoms with Crippen molar-refractivity contribution in [1.82, 2.24) is 14.9 Å². The molecule has 2 fully saturated rings. The molecule has 3 aliphatic rings. The summed E-state index contributed by atoms with van der Waals surface area (Å²) in [7, 11) is 1.63. The van der Waals surface area contributed by atoms with Crippen molar-refractivity contribution in [1.29, 1.82) is 0 Å². The maximum Gasteiger partial charge on any atom is 0.236 e. The van der Waals surface area contributed by atoms with E-state index in [2.05, 4.69) is 9.97 Å². The van der Waals surface area contributed by atoms with E-state index < -0.39 is 11.5 Å². The van der Waals surface area contributed by atoms with E-state index in [9.17, 15) is 9.18 Å². The van der Waals surface area contributed by atoms with Gasteiger partial charge in [0.2, 0.25) is 11.9 Å². The van der Waals surface area contributed by atoms with Crippen LogP contribution < -0.4 is 16.4 Å². The number of nitrogens with two attached hydrogens (primary N) is 2. The van der Waals surface area contributed by atoms with Gasteiger partial charge >= 0.3 is 0 Å². The lowest BCUT2D eigenvalue weighted by Gasteiger charge is -2.36. The molecule has 29 heavy (non-hydrogen) atoms. The number of thiophene rings is 1. The van der Waals surface area contributed by atoms with Crippen LogP contribution >= 0.6 is 11.3 Å².